The van der Waals surface area contributed by atoms with Crippen LogP contribution in [-0.2, 0) is 0 Å². The summed E-state index contributed by atoms with van der Waals surface area (Å²) in [5.74, 6) is 1.60. The molecule has 0 fully saturated rings. The molecule has 0 aliphatic rings. The number of nitrogens with zero attached hydrogens (tertiary/aromatic N) is 1. The molecule has 2 aromatic rings. The van der Waals surface area contributed by atoms with E-state index < -0.39 is 0 Å². The van der Waals surface area contributed by atoms with E-state index in [1.807, 2.05) is 26.0 Å². The second kappa shape index (κ2) is 4.76. The predicted molar refractivity (Wildman–Crippen MR) is 70.0 cm³/mol. The van der Waals surface area contributed by atoms with Crippen molar-refractivity contribution in [1.82, 2.24) is 4.98 Å². The first-order chi connectivity index (χ1) is 8.08. The third kappa shape index (κ3) is 2.59. The Morgan fingerprint density at radius 1 is 1.06 bits per heavy atom. The summed E-state index contributed by atoms with van der Waals surface area (Å²) in [7, 11) is 0. The van der Waals surface area contributed by atoms with Crippen LogP contribution in [0, 0.1) is 20.8 Å². The first kappa shape index (κ1) is 11.9. The summed E-state index contributed by atoms with van der Waals surface area (Å²) < 4.78 is 5.85. The van der Waals surface area contributed by atoms with Gasteiger partial charge in [-0.15, -0.1) is 0 Å². The van der Waals surface area contributed by atoms with E-state index in [-0.39, 0.29) is 0 Å². The maximum Gasteiger partial charge on any atom is 0.148 e. The highest BCUT2D eigenvalue weighted by Crippen LogP contribution is 2.29. The minimum atomic E-state index is 0.482. The number of ether oxygens (including phenoxy) is 1. The van der Waals surface area contributed by atoms with Gasteiger partial charge in [0.2, 0.25) is 0 Å². The van der Waals surface area contributed by atoms with Crippen LogP contribution >= 0.6 is 11.6 Å². The quantitative estimate of drug-likeness (QED) is 0.732. The third-order valence-electron chi connectivity index (χ3n) is 2.80. The highest BCUT2D eigenvalue weighted by Gasteiger charge is 2.06. The van der Waals surface area contributed by atoms with Crippen molar-refractivity contribution in [3.63, 3.8) is 0 Å². The predicted octanol–water partition coefficient (Wildman–Crippen LogP) is 4.45. The lowest BCUT2D eigenvalue weighted by atomic mass is 10.1. The number of hydrogen-bond donors (Lipinski definition) is 0. The SMILES string of the molecule is Cc1cc(Cl)ncc1Oc1cccc(C)c1C. The Morgan fingerprint density at radius 3 is 2.53 bits per heavy atom. The van der Waals surface area contributed by atoms with Gasteiger partial charge in [-0.3, -0.25) is 0 Å². The molecule has 1 aromatic carbocycles. The fourth-order valence-corrected chi connectivity index (χ4v) is 1.78. The molecular weight excluding hydrogens is 234 g/mol. The molecule has 2 nitrogen and oxygen atoms in total. The number of aromatic nitrogens is 1. The summed E-state index contributed by atoms with van der Waals surface area (Å²) in [6, 6.07) is 7.80. The van der Waals surface area contributed by atoms with Gasteiger partial charge in [-0.2, -0.15) is 0 Å². The Bertz CT molecular complexity index is 552. The molecule has 88 valence electrons. The summed E-state index contributed by atoms with van der Waals surface area (Å²) in [4.78, 5) is 4.03. The number of benzene rings is 1. The number of halogens is 1. The maximum atomic E-state index is 5.85. The van der Waals surface area contributed by atoms with Crippen LogP contribution in [0.25, 0.3) is 0 Å². The van der Waals surface area contributed by atoms with Crippen molar-refractivity contribution >= 4 is 11.6 Å². The van der Waals surface area contributed by atoms with Gasteiger partial charge in [-0.05, 0) is 49.6 Å². The minimum Gasteiger partial charge on any atom is -0.455 e. The summed E-state index contributed by atoms with van der Waals surface area (Å²) in [6.07, 6.45) is 1.65. The normalized spacial score (nSPS) is 10.4. The first-order valence-electron chi connectivity index (χ1n) is 5.44. The van der Waals surface area contributed by atoms with Gasteiger partial charge < -0.3 is 4.74 Å². The molecule has 1 aromatic heterocycles. The van der Waals surface area contributed by atoms with E-state index in [9.17, 15) is 0 Å². The summed E-state index contributed by atoms with van der Waals surface area (Å²) in [5, 5.41) is 0.482. The fourth-order valence-electron chi connectivity index (χ4n) is 1.57. The maximum absolute atomic E-state index is 5.85. The molecule has 0 saturated carbocycles. The van der Waals surface area contributed by atoms with E-state index in [0.29, 0.717) is 5.15 Å². The van der Waals surface area contributed by atoms with E-state index in [2.05, 4.69) is 18.0 Å². The second-order valence-corrected chi connectivity index (χ2v) is 4.46. The van der Waals surface area contributed by atoms with Crippen molar-refractivity contribution in [3.05, 3.63) is 52.3 Å². The molecule has 0 saturated heterocycles. The average Bonchev–Trinajstić information content (AvgIpc) is 2.28. The number of hydrogen-bond acceptors (Lipinski definition) is 2. The average molecular weight is 248 g/mol. The van der Waals surface area contributed by atoms with Gasteiger partial charge in [-0.1, -0.05) is 23.7 Å². The van der Waals surface area contributed by atoms with Gasteiger partial charge in [-0.25, -0.2) is 4.98 Å². The van der Waals surface area contributed by atoms with Crippen LogP contribution in [0.15, 0.2) is 30.5 Å². The van der Waals surface area contributed by atoms with Crippen LogP contribution in [0.3, 0.4) is 0 Å². The molecule has 0 amide bonds. The molecule has 0 radical (unpaired) electrons. The Labute approximate surface area is 106 Å². The first-order valence-corrected chi connectivity index (χ1v) is 5.82. The van der Waals surface area contributed by atoms with Crippen LogP contribution in [0.5, 0.6) is 11.5 Å². The van der Waals surface area contributed by atoms with Crippen molar-refractivity contribution < 1.29 is 4.74 Å². The molecule has 0 spiro atoms. The zero-order valence-corrected chi connectivity index (χ0v) is 10.9. The highest BCUT2D eigenvalue weighted by atomic mass is 35.5. The Kier molecular flexibility index (Phi) is 3.34. The van der Waals surface area contributed by atoms with Crippen LogP contribution < -0.4 is 4.74 Å². The lowest BCUT2D eigenvalue weighted by Gasteiger charge is -2.12. The lowest BCUT2D eigenvalue weighted by Crippen LogP contribution is -1.92. The standard InChI is InChI=1S/C14H14ClNO/c1-9-5-4-6-12(11(9)3)17-13-8-16-14(15)7-10(13)2/h4-8H,1-3H3. The van der Waals surface area contributed by atoms with E-state index in [4.69, 9.17) is 16.3 Å². The lowest BCUT2D eigenvalue weighted by molar-refractivity contribution is 0.472. The van der Waals surface area contributed by atoms with Gasteiger partial charge in [0.15, 0.2) is 0 Å². The topological polar surface area (TPSA) is 22.1 Å². The number of pyridine rings is 1. The summed E-state index contributed by atoms with van der Waals surface area (Å²) in [5.41, 5.74) is 3.33. The fraction of sp³-hybridized carbons (Fsp3) is 0.214. The molecule has 0 atom stereocenters. The van der Waals surface area contributed by atoms with Gasteiger partial charge >= 0.3 is 0 Å². The summed E-state index contributed by atoms with van der Waals surface area (Å²) in [6.45, 7) is 6.06. The number of rotatable bonds is 2. The van der Waals surface area contributed by atoms with Crippen LogP contribution in [0.2, 0.25) is 5.15 Å². The van der Waals surface area contributed by atoms with E-state index in [0.717, 1.165) is 22.6 Å². The van der Waals surface area contributed by atoms with E-state index >= 15 is 0 Å². The number of aryl methyl sites for hydroxylation is 2. The van der Waals surface area contributed by atoms with Gasteiger partial charge in [0.1, 0.15) is 16.7 Å². The van der Waals surface area contributed by atoms with Crippen molar-refractivity contribution in [2.45, 2.75) is 20.8 Å². The minimum absolute atomic E-state index is 0.482. The molecule has 0 aliphatic heterocycles. The molecule has 17 heavy (non-hydrogen) atoms. The second-order valence-electron chi connectivity index (χ2n) is 4.07. The molecular formula is C14H14ClNO. The Hall–Kier alpha value is -1.54. The van der Waals surface area contributed by atoms with E-state index in [1.54, 1.807) is 12.3 Å². The molecule has 0 N–H and O–H groups in total. The smallest absolute Gasteiger partial charge is 0.148 e. The zero-order valence-electron chi connectivity index (χ0n) is 10.1. The summed E-state index contributed by atoms with van der Waals surface area (Å²) >= 11 is 5.81. The van der Waals surface area contributed by atoms with Gasteiger partial charge in [0.25, 0.3) is 0 Å². The molecule has 0 unspecified atom stereocenters. The van der Waals surface area contributed by atoms with Crippen molar-refractivity contribution in [2.24, 2.45) is 0 Å². The van der Waals surface area contributed by atoms with Gasteiger partial charge in [0.05, 0.1) is 6.20 Å². The monoisotopic (exact) mass is 247 g/mol. The Balaban J connectivity index is 2.35. The van der Waals surface area contributed by atoms with Crippen LogP contribution in [0.4, 0.5) is 0 Å². The largest absolute Gasteiger partial charge is 0.455 e. The van der Waals surface area contributed by atoms with Crippen molar-refractivity contribution in [3.8, 4) is 11.5 Å². The van der Waals surface area contributed by atoms with Crippen LogP contribution in [0.1, 0.15) is 16.7 Å². The molecule has 0 aliphatic carbocycles. The van der Waals surface area contributed by atoms with Crippen molar-refractivity contribution in [1.29, 1.82) is 0 Å². The van der Waals surface area contributed by atoms with Crippen LogP contribution in [-0.4, -0.2) is 4.98 Å². The van der Waals surface area contributed by atoms with Gasteiger partial charge in [0, 0.05) is 0 Å². The molecule has 1 heterocycles. The van der Waals surface area contributed by atoms with Crippen molar-refractivity contribution in [2.75, 3.05) is 0 Å². The molecule has 3 heteroatoms. The Morgan fingerprint density at radius 2 is 1.82 bits per heavy atom. The zero-order chi connectivity index (χ0) is 12.4. The molecule has 2 rings (SSSR count). The third-order valence-corrected chi connectivity index (χ3v) is 3.01. The highest BCUT2D eigenvalue weighted by molar-refractivity contribution is 6.29. The molecule has 0 bridgehead atoms. The van der Waals surface area contributed by atoms with E-state index in [1.165, 1.54) is 5.56 Å².